The summed E-state index contributed by atoms with van der Waals surface area (Å²) in [6.45, 7) is 1.92. The third-order valence-electron chi connectivity index (χ3n) is 3.78. The maximum atomic E-state index is 12.6. The van der Waals surface area contributed by atoms with E-state index in [1.165, 1.54) is 0 Å². The van der Waals surface area contributed by atoms with Crippen LogP contribution in [-0.4, -0.2) is 51.2 Å². The van der Waals surface area contributed by atoms with Crippen molar-refractivity contribution in [1.29, 1.82) is 0 Å². The van der Waals surface area contributed by atoms with Crippen molar-refractivity contribution in [3.8, 4) is 11.5 Å². The summed E-state index contributed by atoms with van der Waals surface area (Å²) in [6.07, 6.45) is 1.98. The number of ether oxygens (including phenoxy) is 2. The van der Waals surface area contributed by atoms with Crippen LogP contribution >= 0.6 is 12.4 Å². The van der Waals surface area contributed by atoms with Crippen LogP contribution in [0.3, 0.4) is 0 Å². The molecule has 1 amide bonds. The number of nitrogens with zero attached hydrogens (tertiary/aromatic N) is 1. The summed E-state index contributed by atoms with van der Waals surface area (Å²) < 4.78 is 10.4. The maximum absolute atomic E-state index is 12.6. The number of carbonyl (C=O) groups excluding carboxylic acids is 1. The van der Waals surface area contributed by atoms with E-state index in [0.717, 1.165) is 25.9 Å². The summed E-state index contributed by atoms with van der Waals surface area (Å²) in [6, 6.07) is 5.56. The second-order valence-electron chi connectivity index (χ2n) is 5.00. The number of nitrogens with one attached hydrogen (secondary N) is 1. The number of piperidine rings is 1. The fourth-order valence-corrected chi connectivity index (χ4v) is 2.49. The van der Waals surface area contributed by atoms with Gasteiger partial charge in [-0.3, -0.25) is 4.79 Å². The van der Waals surface area contributed by atoms with Gasteiger partial charge in [0.25, 0.3) is 5.91 Å². The number of hydrogen-bond acceptors (Lipinski definition) is 4. The molecule has 0 aliphatic carbocycles. The zero-order chi connectivity index (χ0) is 14.5. The van der Waals surface area contributed by atoms with Gasteiger partial charge < -0.3 is 19.7 Å². The quantitative estimate of drug-likeness (QED) is 0.923. The van der Waals surface area contributed by atoms with E-state index >= 15 is 0 Å². The van der Waals surface area contributed by atoms with Gasteiger partial charge in [0.05, 0.1) is 14.2 Å². The van der Waals surface area contributed by atoms with Crippen molar-refractivity contribution >= 4 is 18.3 Å². The first-order valence-electron chi connectivity index (χ1n) is 6.86. The van der Waals surface area contributed by atoms with Gasteiger partial charge in [-0.05, 0) is 38.1 Å². The monoisotopic (exact) mass is 314 g/mol. The lowest BCUT2D eigenvalue weighted by Crippen LogP contribution is -2.43. The second kappa shape index (κ2) is 8.10. The van der Waals surface area contributed by atoms with Crippen LogP contribution in [-0.2, 0) is 0 Å². The fraction of sp³-hybridized carbons (Fsp3) is 0.533. The molecule has 0 atom stereocenters. The fourth-order valence-electron chi connectivity index (χ4n) is 2.49. The van der Waals surface area contributed by atoms with Gasteiger partial charge in [-0.15, -0.1) is 12.4 Å². The molecule has 0 saturated carbocycles. The predicted octanol–water partition coefficient (Wildman–Crippen LogP) is 1.95. The third-order valence-corrected chi connectivity index (χ3v) is 3.78. The van der Waals surface area contributed by atoms with Crippen LogP contribution in [0.1, 0.15) is 23.2 Å². The number of halogens is 1. The number of hydrogen-bond donors (Lipinski definition) is 1. The van der Waals surface area contributed by atoms with Crippen molar-refractivity contribution in [2.45, 2.75) is 18.9 Å². The molecule has 1 aromatic carbocycles. The number of carbonyl (C=O) groups is 1. The van der Waals surface area contributed by atoms with Crippen molar-refractivity contribution in [1.82, 2.24) is 10.2 Å². The van der Waals surface area contributed by atoms with E-state index in [0.29, 0.717) is 23.1 Å². The summed E-state index contributed by atoms with van der Waals surface area (Å²) in [7, 11) is 5.03. The van der Waals surface area contributed by atoms with E-state index in [1.807, 2.05) is 11.9 Å². The van der Waals surface area contributed by atoms with Gasteiger partial charge in [0.2, 0.25) is 0 Å². The first-order valence-corrected chi connectivity index (χ1v) is 6.86. The summed E-state index contributed by atoms with van der Waals surface area (Å²) in [4.78, 5) is 14.4. The largest absolute Gasteiger partial charge is 0.497 e. The zero-order valence-corrected chi connectivity index (χ0v) is 13.5. The Labute approximate surface area is 132 Å². The molecular weight excluding hydrogens is 292 g/mol. The normalized spacial score (nSPS) is 15.0. The number of amides is 1. The van der Waals surface area contributed by atoms with Crippen LogP contribution in [0.15, 0.2) is 18.2 Å². The lowest BCUT2D eigenvalue weighted by molar-refractivity contribution is 0.0702. The molecule has 0 bridgehead atoms. The summed E-state index contributed by atoms with van der Waals surface area (Å²) in [5, 5.41) is 3.31. The molecule has 1 aliphatic rings. The SMILES string of the molecule is COc1cc(OC)cc(C(=O)N(C)C2CCNCC2)c1.Cl. The van der Waals surface area contributed by atoms with Gasteiger partial charge in [-0.25, -0.2) is 0 Å². The van der Waals surface area contributed by atoms with E-state index in [1.54, 1.807) is 32.4 Å². The highest BCUT2D eigenvalue weighted by atomic mass is 35.5. The molecule has 1 heterocycles. The van der Waals surface area contributed by atoms with E-state index < -0.39 is 0 Å². The van der Waals surface area contributed by atoms with Gasteiger partial charge in [-0.1, -0.05) is 0 Å². The Morgan fingerprint density at radius 1 is 1.14 bits per heavy atom. The minimum Gasteiger partial charge on any atom is -0.497 e. The highest BCUT2D eigenvalue weighted by Gasteiger charge is 2.23. The topological polar surface area (TPSA) is 50.8 Å². The molecule has 1 aliphatic heterocycles. The molecule has 6 heteroatoms. The average molecular weight is 315 g/mol. The van der Waals surface area contributed by atoms with Crippen molar-refractivity contribution in [3.63, 3.8) is 0 Å². The van der Waals surface area contributed by atoms with Gasteiger partial charge in [0.1, 0.15) is 11.5 Å². The van der Waals surface area contributed by atoms with Crippen LogP contribution in [0, 0.1) is 0 Å². The Balaban J connectivity index is 0.00000220. The molecular formula is C15H23ClN2O3. The van der Waals surface area contributed by atoms with Crippen LogP contribution in [0.4, 0.5) is 0 Å². The molecule has 0 spiro atoms. The summed E-state index contributed by atoms with van der Waals surface area (Å²) in [5.41, 5.74) is 0.599. The van der Waals surface area contributed by atoms with Crippen molar-refractivity contribution in [2.75, 3.05) is 34.4 Å². The molecule has 5 nitrogen and oxygen atoms in total. The maximum Gasteiger partial charge on any atom is 0.254 e. The van der Waals surface area contributed by atoms with Crippen LogP contribution in [0.2, 0.25) is 0 Å². The Morgan fingerprint density at radius 2 is 1.67 bits per heavy atom. The van der Waals surface area contributed by atoms with Crippen LogP contribution in [0.5, 0.6) is 11.5 Å². The van der Waals surface area contributed by atoms with Crippen LogP contribution < -0.4 is 14.8 Å². The highest BCUT2D eigenvalue weighted by Crippen LogP contribution is 2.24. The van der Waals surface area contributed by atoms with E-state index in [2.05, 4.69) is 5.32 Å². The van der Waals surface area contributed by atoms with Gasteiger partial charge in [0, 0.05) is 24.7 Å². The average Bonchev–Trinajstić information content (AvgIpc) is 2.53. The minimum absolute atomic E-state index is 0. The summed E-state index contributed by atoms with van der Waals surface area (Å²) >= 11 is 0. The molecule has 1 aromatic rings. The van der Waals surface area contributed by atoms with Crippen molar-refractivity contribution in [3.05, 3.63) is 23.8 Å². The van der Waals surface area contributed by atoms with Crippen LogP contribution in [0.25, 0.3) is 0 Å². The number of rotatable bonds is 4. The van der Waals surface area contributed by atoms with E-state index in [4.69, 9.17) is 9.47 Å². The van der Waals surface area contributed by atoms with Crippen molar-refractivity contribution < 1.29 is 14.3 Å². The van der Waals surface area contributed by atoms with Gasteiger partial charge in [-0.2, -0.15) is 0 Å². The Hall–Kier alpha value is -1.46. The molecule has 1 fully saturated rings. The third kappa shape index (κ3) is 4.25. The number of methoxy groups -OCH3 is 2. The second-order valence-corrected chi connectivity index (χ2v) is 5.00. The lowest BCUT2D eigenvalue weighted by Gasteiger charge is -2.31. The standard InChI is InChI=1S/C15H22N2O3.ClH/c1-17(12-4-6-16-7-5-12)15(18)11-8-13(19-2)10-14(9-11)20-3;/h8-10,12,16H,4-7H2,1-3H3;1H. The molecule has 0 aromatic heterocycles. The molecule has 1 N–H and O–H groups in total. The zero-order valence-electron chi connectivity index (χ0n) is 12.7. The van der Waals surface area contributed by atoms with E-state index in [9.17, 15) is 4.79 Å². The summed E-state index contributed by atoms with van der Waals surface area (Å²) in [5.74, 6) is 1.27. The first-order chi connectivity index (χ1) is 9.65. The molecule has 1 saturated heterocycles. The Bertz CT molecular complexity index is 454. The molecule has 21 heavy (non-hydrogen) atoms. The smallest absolute Gasteiger partial charge is 0.254 e. The Morgan fingerprint density at radius 3 is 2.14 bits per heavy atom. The Kier molecular flexibility index (Phi) is 6.78. The molecule has 0 radical (unpaired) electrons. The molecule has 118 valence electrons. The van der Waals surface area contributed by atoms with E-state index in [-0.39, 0.29) is 18.3 Å². The molecule has 2 rings (SSSR count). The van der Waals surface area contributed by atoms with Gasteiger partial charge >= 0.3 is 0 Å². The first kappa shape index (κ1) is 17.6. The minimum atomic E-state index is 0. The van der Waals surface area contributed by atoms with Crippen molar-refractivity contribution in [2.24, 2.45) is 0 Å². The highest BCUT2D eigenvalue weighted by molar-refractivity contribution is 5.95. The predicted molar refractivity (Wildman–Crippen MR) is 84.8 cm³/mol. The van der Waals surface area contributed by atoms with Gasteiger partial charge in [0.15, 0.2) is 0 Å². The lowest BCUT2D eigenvalue weighted by atomic mass is 10.0. The molecule has 0 unspecified atom stereocenters. The number of benzene rings is 1.